The first kappa shape index (κ1) is 26.8. The van der Waals surface area contributed by atoms with Gasteiger partial charge in [0.05, 0.1) is 18.7 Å². The van der Waals surface area contributed by atoms with Crippen LogP contribution in [0.15, 0.2) is 54.1 Å². The number of alkyl carbamates (subject to hydrolysis) is 1. The minimum atomic E-state index is -0.750. The zero-order valence-electron chi connectivity index (χ0n) is 21.5. The van der Waals surface area contributed by atoms with E-state index < -0.39 is 29.4 Å². The van der Waals surface area contributed by atoms with Gasteiger partial charge in [-0.3, -0.25) is 9.59 Å². The topological polar surface area (TPSA) is 105 Å². The normalized spacial score (nSPS) is 17.2. The Bertz CT molecular complexity index is 1130. The summed E-state index contributed by atoms with van der Waals surface area (Å²) in [4.78, 5) is 39.6. The molecule has 8 nitrogen and oxygen atoms in total. The van der Waals surface area contributed by atoms with Crippen LogP contribution in [0.1, 0.15) is 56.8 Å². The van der Waals surface area contributed by atoms with Gasteiger partial charge in [-0.15, -0.1) is 0 Å². The zero-order valence-corrected chi connectivity index (χ0v) is 21.5. The van der Waals surface area contributed by atoms with E-state index in [1.54, 1.807) is 45.0 Å². The van der Waals surface area contributed by atoms with E-state index in [2.05, 4.69) is 5.32 Å². The van der Waals surface area contributed by atoms with Crippen molar-refractivity contribution in [2.24, 2.45) is 0 Å². The highest BCUT2D eigenvalue weighted by atomic mass is 16.6. The largest absolute Gasteiger partial charge is 0.507 e. The summed E-state index contributed by atoms with van der Waals surface area (Å²) in [5, 5.41) is 13.8. The molecule has 1 atom stereocenters. The molecule has 0 spiro atoms. The number of aryl methyl sites for hydroxylation is 1. The number of nitrogens with one attached hydrogen (secondary N) is 1. The second-order valence-corrected chi connectivity index (χ2v) is 9.60. The van der Waals surface area contributed by atoms with Crippen molar-refractivity contribution in [3.63, 3.8) is 0 Å². The van der Waals surface area contributed by atoms with Crippen LogP contribution >= 0.6 is 0 Å². The first-order chi connectivity index (χ1) is 17.1. The summed E-state index contributed by atoms with van der Waals surface area (Å²) in [5.74, 6) is -1.06. The number of Topliss-reactive ketones (excluding diaryl/α,β-unsaturated/α-hetero) is 1. The number of nitrogens with zero attached hydrogens (tertiary/aromatic N) is 1. The van der Waals surface area contributed by atoms with E-state index in [1.165, 1.54) is 12.0 Å². The number of amides is 2. The molecule has 2 amide bonds. The van der Waals surface area contributed by atoms with Crippen LogP contribution in [0.2, 0.25) is 0 Å². The lowest BCUT2D eigenvalue weighted by Crippen LogP contribution is -2.35. The number of carbonyl (C=O) groups excluding carboxylic acids is 3. The van der Waals surface area contributed by atoms with Crippen molar-refractivity contribution >= 4 is 23.5 Å². The molecule has 2 N–H and O–H groups in total. The highest BCUT2D eigenvalue weighted by molar-refractivity contribution is 6.46. The van der Waals surface area contributed by atoms with Crippen LogP contribution in [0.4, 0.5) is 4.79 Å². The third kappa shape index (κ3) is 6.24. The zero-order chi connectivity index (χ0) is 26.5. The number of rotatable bonds is 8. The Labute approximate surface area is 211 Å². The van der Waals surface area contributed by atoms with Crippen LogP contribution in [0, 0.1) is 0 Å². The molecule has 0 aromatic heterocycles. The molecule has 1 unspecified atom stereocenters. The summed E-state index contributed by atoms with van der Waals surface area (Å²) >= 11 is 0. The fourth-order valence-corrected chi connectivity index (χ4v) is 4.05. The smallest absolute Gasteiger partial charge is 0.407 e. The second kappa shape index (κ2) is 11.3. The number of ketones is 1. The summed E-state index contributed by atoms with van der Waals surface area (Å²) in [7, 11) is 1.54. The maximum Gasteiger partial charge on any atom is 0.407 e. The Hall–Kier alpha value is -3.81. The molecule has 36 heavy (non-hydrogen) atoms. The van der Waals surface area contributed by atoms with E-state index in [4.69, 9.17) is 9.47 Å². The minimum absolute atomic E-state index is 0.0366. The van der Waals surface area contributed by atoms with E-state index in [9.17, 15) is 19.5 Å². The van der Waals surface area contributed by atoms with Crippen LogP contribution < -0.4 is 10.1 Å². The molecule has 0 aliphatic carbocycles. The molecule has 3 rings (SSSR count). The number of hydrogen-bond donors (Lipinski definition) is 2. The van der Waals surface area contributed by atoms with Crippen molar-refractivity contribution < 1.29 is 29.0 Å². The van der Waals surface area contributed by atoms with Gasteiger partial charge in [-0.05, 0) is 69.0 Å². The van der Waals surface area contributed by atoms with Crippen LogP contribution in [0.5, 0.6) is 5.75 Å². The first-order valence-electron chi connectivity index (χ1n) is 12.0. The van der Waals surface area contributed by atoms with Gasteiger partial charge in [0.25, 0.3) is 11.7 Å². The number of benzene rings is 2. The predicted molar refractivity (Wildman–Crippen MR) is 137 cm³/mol. The molecule has 8 heteroatoms. The minimum Gasteiger partial charge on any atom is -0.507 e. The van der Waals surface area contributed by atoms with Crippen LogP contribution in [0.3, 0.4) is 0 Å². The summed E-state index contributed by atoms with van der Waals surface area (Å²) in [6.07, 6.45) is 0.705. The SMILES string of the molecule is CCc1ccc(C2/C(=C(\O)c3ccc(OC)cc3)C(=O)C(=O)N2CCCNC(=O)OC(C)(C)C)cc1. The monoisotopic (exact) mass is 494 g/mol. The maximum absolute atomic E-state index is 13.1. The third-order valence-electron chi connectivity index (χ3n) is 5.85. The quantitative estimate of drug-likeness (QED) is 0.241. The van der Waals surface area contributed by atoms with Crippen LogP contribution in [0.25, 0.3) is 5.76 Å². The molecule has 2 aromatic rings. The molecule has 192 valence electrons. The lowest BCUT2D eigenvalue weighted by Gasteiger charge is -2.26. The van der Waals surface area contributed by atoms with Crippen molar-refractivity contribution in [1.82, 2.24) is 10.2 Å². The molecular weight excluding hydrogens is 460 g/mol. The van der Waals surface area contributed by atoms with Gasteiger partial charge in [0.15, 0.2) is 0 Å². The van der Waals surface area contributed by atoms with Gasteiger partial charge >= 0.3 is 6.09 Å². The van der Waals surface area contributed by atoms with E-state index >= 15 is 0 Å². The van der Waals surface area contributed by atoms with Crippen molar-refractivity contribution in [2.75, 3.05) is 20.2 Å². The Kier molecular flexibility index (Phi) is 8.40. The Morgan fingerprint density at radius 1 is 1.06 bits per heavy atom. The lowest BCUT2D eigenvalue weighted by molar-refractivity contribution is -0.139. The number of methoxy groups -OCH3 is 1. The van der Waals surface area contributed by atoms with Crippen molar-refractivity contribution in [3.05, 3.63) is 70.8 Å². The van der Waals surface area contributed by atoms with Gasteiger partial charge in [0.2, 0.25) is 0 Å². The average Bonchev–Trinajstić information content (AvgIpc) is 3.10. The Morgan fingerprint density at radius 2 is 1.69 bits per heavy atom. The number of likely N-dealkylation sites (tertiary alicyclic amines) is 1. The fraction of sp³-hybridized carbons (Fsp3) is 0.393. The molecule has 0 bridgehead atoms. The molecule has 0 radical (unpaired) electrons. The molecule has 0 saturated carbocycles. The van der Waals surface area contributed by atoms with Gasteiger partial charge in [-0.2, -0.15) is 0 Å². The molecule has 1 saturated heterocycles. The molecule has 1 aliphatic rings. The molecule has 1 heterocycles. The summed E-state index contributed by atoms with van der Waals surface area (Å²) < 4.78 is 10.4. The van der Waals surface area contributed by atoms with Gasteiger partial charge < -0.3 is 24.8 Å². The fourth-order valence-electron chi connectivity index (χ4n) is 4.05. The van der Waals surface area contributed by atoms with Gasteiger partial charge in [-0.1, -0.05) is 31.2 Å². The summed E-state index contributed by atoms with van der Waals surface area (Å²) in [5.41, 5.74) is 1.68. The van der Waals surface area contributed by atoms with E-state index in [0.717, 1.165) is 17.5 Å². The molecule has 2 aromatic carbocycles. The standard InChI is InChI=1S/C28H34N2O6/c1-6-18-8-10-19(11-9-18)23-22(24(31)20-12-14-21(35-5)15-13-20)25(32)26(33)30(23)17-7-16-29-27(34)36-28(2,3)4/h8-15,23,31H,6-7,16-17H2,1-5H3,(H,29,34)/b24-22+. The van der Waals surface area contributed by atoms with Crippen LogP contribution in [-0.2, 0) is 20.7 Å². The third-order valence-corrected chi connectivity index (χ3v) is 5.85. The van der Waals surface area contributed by atoms with Gasteiger partial charge in [0.1, 0.15) is 17.1 Å². The highest BCUT2D eigenvalue weighted by Gasteiger charge is 2.45. The van der Waals surface area contributed by atoms with E-state index in [-0.39, 0.29) is 24.4 Å². The average molecular weight is 495 g/mol. The molecule has 1 fully saturated rings. The maximum atomic E-state index is 13.1. The number of carbonyl (C=O) groups is 3. The van der Waals surface area contributed by atoms with Gasteiger partial charge in [-0.25, -0.2) is 4.79 Å². The number of hydrogen-bond acceptors (Lipinski definition) is 6. The molecular formula is C28H34N2O6. The summed E-state index contributed by atoms with van der Waals surface area (Å²) in [6, 6.07) is 13.6. The van der Waals surface area contributed by atoms with E-state index in [0.29, 0.717) is 17.7 Å². The Balaban J connectivity index is 1.90. The Morgan fingerprint density at radius 3 is 2.25 bits per heavy atom. The number of aliphatic hydroxyl groups excluding tert-OH is 1. The number of ether oxygens (including phenoxy) is 2. The van der Waals surface area contributed by atoms with Crippen molar-refractivity contribution in [3.8, 4) is 5.75 Å². The highest BCUT2D eigenvalue weighted by Crippen LogP contribution is 2.39. The lowest BCUT2D eigenvalue weighted by atomic mass is 9.94. The van der Waals surface area contributed by atoms with Gasteiger partial charge in [0, 0.05) is 18.7 Å². The number of aliphatic hydroxyl groups is 1. The van der Waals surface area contributed by atoms with Crippen molar-refractivity contribution in [1.29, 1.82) is 0 Å². The second-order valence-electron chi connectivity index (χ2n) is 9.60. The van der Waals surface area contributed by atoms with Crippen molar-refractivity contribution in [2.45, 2.75) is 52.2 Å². The molecule has 1 aliphatic heterocycles. The van der Waals surface area contributed by atoms with E-state index in [1.807, 2.05) is 31.2 Å². The summed E-state index contributed by atoms with van der Waals surface area (Å²) in [6.45, 7) is 7.84. The van der Waals surface area contributed by atoms with Crippen LogP contribution in [-0.4, -0.2) is 53.6 Å². The predicted octanol–water partition coefficient (Wildman–Crippen LogP) is 4.59. The first-order valence-corrected chi connectivity index (χ1v) is 12.0.